The van der Waals surface area contributed by atoms with Crippen LogP contribution in [0.15, 0.2) is 36.4 Å². The van der Waals surface area contributed by atoms with E-state index in [1.807, 2.05) is 6.07 Å². The van der Waals surface area contributed by atoms with Gasteiger partial charge in [0.1, 0.15) is 6.07 Å². The molecule has 0 spiro atoms. The van der Waals surface area contributed by atoms with Gasteiger partial charge in [-0.1, -0.05) is 23.2 Å². The predicted octanol–water partition coefficient (Wildman–Crippen LogP) is 4.16. The number of hydrogen-bond acceptors (Lipinski definition) is 3. The van der Waals surface area contributed by atoms with Crippen molar-refractivity contribution >= 4 is 40.5 Å². The molecule has 6 heteroatoms. The fraction of sp³-hybridized carbons (Fsp3) is 0.0667. The van der Waals surface area contributed by atoms with Gasteiger partial charge in [-0.15, -0.1) is 0 Å². The molecule has 106 valence electrons. The fourth-order valence-electron chi connectivity index (χ4n) is 1.80. The summed E-state index contributed by atoms with van der Waals surface area (Å²) in [4.78, 5) is 12.3. The molecule has 0 aliphatic carbocycles. The van der Waals surface area contributed by atoms with Crippen molar-refractivity contribution < 1.29 is 4.79 Å². The van der Waals surface area contributed by atoms with Gasteiger partial charge in [-0.2, -0.15) is 5.26 Å². The molecular formula is C15H11Cl2N3O. The van der Waals surface area contributed by atoms with Gasteiger partial charge >= 0.3 is 0 Å². The summed E-state index contributed by atoms with van der Waals surface area (Å²) in [5.74, 6) is -0.317. The largest absolute Gasteiger partial charge is 0.387 e. The lowest BCUT2D eigenvalue weighted by Gasteiger charge is -2.10. The summed E-state index contributed by atoms with van der Waals surface area (Å²) in [5, 5.41) is 15.2. The van der Waals surface area contributed by atoms with Crippen molar-refractivity contribution in [2.45, 2.75) is 0 Å². The van der Waals surface area contributed by atoms with Gasteiger partial charge in [0.25, 0.3) is 5.91 Å². The number of nitrogens with zero attached hydrogens (tertiary/aromatic N) is 1. The van der Waals surface area contributed by atoms with Crippen LogP contribution in [0.3, 0.4) is 0 Å². The van der Waals surface area contributed by atoms with Crippen LogP contribution in [0.4, 0.5) is 11.4 Å². The average Bonchev–Trinajstić information content (AvgIpc) is 2.47. The van der Waals surface area contributed by atoms with Crippen LogP contribution in [0.5, 0.6) is 0 Å². The molecule has 0 aliphatic heterocycles. The minimum absolute atomic E-state index is 0.287. The van der Waals surface area contributed by atoms with Crippen LogP contribution in [0.1, 0.15) is 15.9 Å². The second-order valence-electron chi connectivity index (χ2n) is 4.20. The standard InChI is InChI=1S/C15H11Cl2N3O/c1-19-14-5-3-10(16)6-12(14)15(21)20-11-4-2-9(8-18)13(17)7-11/h2-7,19H,1H3,(H,20,21). The predicted molar refractivity (Wildman–Crippen MR) is 85.1 cm³/mol. The Balaban J connectivity index is 2.28. The molecule has 0 aromatic heterocycles. The highest BCUT2D eigenvalue weighted by Crippen LogP contribution is 2.24. The Morgan fingerprint density at radius 3 is 2.57 bits per heavy atom. The molecule has 0 bridgehead atoms. The third-order valence-electron chi connectivity index (χ3n) is 2.84. The summed E-state index contributed by atoms with van der Waals surface area (Å²) in [6, 6.07) is 11.7. The zero-order chi connectivity index (χ0) is 15.4. The Morgan fingerprint density at radius 2 is 1.95 bits per heavy atom. The van der Waals surface area contributed by atoms with Gasteiger partial charge in [-0.05, 0) is 36.4 Å². The Kier molecular flexibility index (Phi) is 4.69. The monoisotopic (exact) mass is 319 g/mol. The van der Waals surface area contributed by atoms with Gasteiger partial charge in [0.15, 0.2) is 0 Å². The number of carbonyl (C=O) groups is 1. The van der Waals surface area contributed by atoms with E-state index in [-0.39, 0.29) is 10.9 Å². The number of hydrogen-bond donors (Lipinski definition) is 2. The summed E-state index contributed by atoms with van der Waals surface area (Å²) < 4.78 is 0. The van der Waals surface area contributed by atoms with Gasteiger partial charge in [0.05, 0.1) is 16.1 Å². The van der Waals surface area contributed by atoms with E-state index in [4.69, 9.17) is 28.5 Å². The van der Waals surface area contributed by atoms with E-state index in [2.05, 4.69) is 10.6 Å². The molecule has 0 fully saturated rings. The summed E-state index contributed by atoms with van der Waals surface area (Å²) >= 11 is 11.9. The topological polar surface area (TPSA) is 64.9 Å². The smallest absolute Gasteiger partial charge is 0.257 e. The minimum atomic E-state index is -0.317. The normalized spacial score (nSPS) is 9.81. The van der Waals surface area contributed by atoms with E-state index >= 15 is 0 Å². The molecule has 21 heavy (non-hydrogen) atoms. The zero-order valence-corrected chi connectivity index (χ0v) is 12.6. The third-order valence-corrected chi connectivity index (χ3v) is 3.39. The second-order valence-corrected chi connectivity index (χ2v) is 5.04. The first-order valence-corrected chi connectivity index (χ1v) is 6.79. The van der Waals surface area contributed by atoms with E-state index in [0.717, 1.165) is 0 Å². The molecule has 4 nitrogen and oxygen atoms in total. The van der Waals surface area contributed by atoms with E-state index in [1.54, 1.807) is 37.4 Å². The SMILES string of the molecule is CNc1ccc(Cl)cc1C(=O)Nc1ccc(C#N)c(Cl)c1. The molecule has 2 N–H and O–H groups in total. The van der Waals surface area contributed by atoms with Crippen molar-refractivity contribution in [3.8, 4) is 6.07 Å². The highest BCUT2D eigenvalue weighted by molar-refractivity contribution is 6.32. The third kappa shape index (κ3) is 3.46. The van der Waals surface area contributed by atoms with Gasteiger partial charge in [0, 0.05) is 23.4 Å². The maximum atomic E-state index is 12.3. The van der Waals surface area contributed by atoms with E-state index in [9.17, 15) is 4.79 Å². The molecule has 0 heterocycles. The molecular weight excluding hydrogens is 309 g/mol. The Bertz CT molecular complexity index is 738. The van der Waals surface area contributed by atoms with Crippen LogP contribution < -0.4 is 10.6 Å². The lowest BCUT2D eigenvalue weighted by Crippen LogP contribution is -2.14. The highest BCUT2D eigenvalue weighted by Gasteiger charge is 2.12. The van der Waals surface area contributed by atoms with Crippen LogP contribution in [-0.4, -0.2) is 13.0 Å². The molecule has 1 amide bonds. The number of nitriles is 1. The Morgan fingerprint density at radius 1 is 1.19 bits per heavy atom. The summed E-state index contributed by atoms with van der Waals surface area (Å²) in [6.07, 6.45) is 0. The van der Waals surface area contributed by atoms with Crippen molar-refractivity contribution in [2.75, 3.05) is 17.7 Å². The average molecular weight is 320 g/mol. The lowest BCUT2D eigenvalue weighted by atomic mass is 10.1. The number of benzene rings is 2. The maximum absolute atomic E-state index is 12.3. The van der Waals surface area contributed by atoms with Crippen molar-refractivity contribution in [2.24, 2.45) is 0 Å². The molecule has 2 rings (SSSR count). The van der Waals surface area contributed by atoms with Gasteiger partial charge in [0.2, 0.25) is 0 Å². The molecule has 2 aromatic rings. The molecule has 0 unspecified atom stereocenters. The fourth-order valence-corrected chi connectivity index (χ4v) is 2.20. The first kappa shape index (κ1) is 15.2. The number of rotatable bonds is 3. The van der Waals surface area contributed by atoms with Crippen LogP contribution in [0.2, 0.25) is 10.0 Å². The Labute approximate surface area is 132 Å². The minimum Gasteiger partial charge on any atom is -0.387 e. The van der Waals surface area contributed by atoms with Gasteiger partial charge < -0.3 is 10.6 Å². The molecule has 0 atom stereocenters. The van der Waals surface area contributed by atoms with E-state index in [1.165, 1.54) is 6.07 Å². The first-order valence-electron chi connectivity index (χ1n) is 6.03. The number of carbonyl (C=O) groups excluding carboxylic acids is 1. The van der Waals surface area contributed by atoms with E-state index in [0.29, 0.717) is 27.5 Å². The molecule has 0 saturated carbocycles. The first-order chi connectivity index (χ1) is 10.0. The second kappa shape index (κ2) is 6.49. The molecule has 0 aliphatic rings. The van der Waals surface area contributed by atoms with Crippen molar-refractivity contribution in [3.63, 3.8) is 0 Å². The van der Waals surface area contributed by atoms with Crippen LogP contribution in [-0.2, 0) is 0 Å². The molecule has 0 radical (unpaired) electrons. The van der Waals surface area contributed by atoms with Crippen molar-refractivity contribution in [1.29, 1.82) is 5.26 Å². The van der Waals surface area contributed by atoms with E-state index < -0.39 is 0 Å². The molecule has 0 saturated heterocycles. The van der Waals surface area contributed by atoms with Crippen LogP contribution in [0, 0.1) is 11.3 Å². The highest BCUT2D eigenvalue weighted by atomic mass is 35.5. The Hall–Kier alpha value is -2.22. The van der Waals surface area contributed by atoms with Gasteiger partial charge in [-0.3, -0.25) is 4.79 Å². The summed E-state index contributed by atoms with van der Waals surface area (Å²) in [5.41, 5.74) is 1.95. The number of nitrogens with one attached hydrogen (secondary N) is 2. The lowest BCUT2D eigenvalue weighted by molar-refractivity contribution is 0.102. The maximum Gasteiger partial charge on any atom is 0.257 e. The van der Waals surface area contributed by atoms with Gasteiger partial charge in [-0.25, -0.2) is 0 Å². The number of amides is 1. The summed E-state index contributed by atoms with van der Waals surface area (Å²) in [6.45, 7) is 0. The van der Waals surface area contributed by atoms with Crippen LogP contribution >= 0.6 is 23.2 Å². The summed E-state index contributed by atoms with van der Waals surface area (Å²) in [7, 11) is 1.72. The van der Waals surface area contributed by atoms with Crippen molar-refractivity contribution in [3.05, 3.63) is 57.6 Å². The number of halogens is 2. The van der Waals surface area contributed by atoms with Crippen molar-refractivity contribution in [1.82, 2.24) is 0 Å². The van der Waals surface area contributed by atoms with Crippen LogP contribution in [0.25, 0.3) is 0 Å². The molecule has 2 aromatic carbocycles. The zero-order valence-electron chi connectivity index (χ0n) is 11.1. The number of anilines is 2. The quantitative estimate of drug-likeness (QED) is 0.892.